The number of thioether (sulfide) groups is 1. The third kappa shape index (κ3) is 7.92. The molecule has 5 nitrogen and oxygen atoms in total. The van der Waals surface area contributed by atoms with Crippen LogP contribution in [0.3, 0.4) is 0 Å². The summed E-state index contributed by atoms with van der Waals surface area (Å²) in [5.74, 6) is 1.63. The summed E-state index contributed by atoms with van der Waals surface area (Å²) >= 11 is 1.88. The number of carboxylic acid groups (broad SMARTS) is 1. The molecule has 1 saturated heterocycles. The molecule has 0 amide bonds. The van der Waals surface area contributed by atoms with E-state index in [0.717, 1.165) is 55.6 Å². The highest BCUT2D eigenvalue weighted by Gasteiger charge is 2.30. The number of aromatic nitrogens is 1. The maximum atomic E-state index is 15.5. The second-order valence-corrected chi connectivity index (χ2v) is 11.1. The number of aliphatic carboxylic acids is 1. The van der Waals surface area contributed by atoms with Crippen LogP contribution in [0.15, 0.2) is 65.7 Å². The van der Waals surface area contributed by atoms with Gasteiger partial charge in [0.15, 0.2) is 0 Å². The van der Waals surface area contributed by atoms with E-state index in [1.165, 1.54) is 4.90 Å². The van der Waals surface area contributed by atoms with Crippen LogP contribution in [0.1, 0.15) is 50.3 Å². The molecule has 0 aliphatic carbocycles. The molecule has 2 heterocycles. The first-order chi connectivity index (χ1) is 18.0. The molecule has 198 valence electrons. The van der Waals surface area contributed by atoms with Gasteiger partial charge in [-0.05, 0) is 105 Å². The Balaban J connectivity index is 1.32. The van der Waals surface area contributed by atoms with Crippen molar-refractivity contribution in [2.75, 3.05) is 32.5 Å². The highest BCUT2D eigenvalue weighted by atomic mass is 32.2. The fourth-order valence-electron chi connectivity index (χ4n) is 5.43. The van der Waals surface area contributed by atoms with Gasteiger partial charge in [-0.25, -0.2) is 4.39 Å². The number of fused-ring (bicyclic) bond motifs is 1. The summed E-state index contributed by atoms with van der Waals surface area (Å²) < 4.78 is 20.9. The van der Waals surface area contributed by atoms with Crippen LogP contribution in [0.5, 0.6) is 5.75 Å². The predicted molar refractivity (Wildman–Crippen MR) is 148 cm³/mol. The van der Waals surface area contributed by atoms with Gasteiger partial charge in [-0.1, -0.05) is 18.2 Å². The number of pyridine rings is 1. The van der Waals surface area contributed by atoms with Crippen LogP contribution in [-0.2, 0) is 4.79 Å². The Bertz CT molecular complexity index is 1150. The zero-order valence-electron chi connectivity index (χ0n) is 21.5. The van der Waals surface area contributed by atoms with Crippen LogP contribution < -0.4 is 4.74 Å². The summed E-state index contributed by atoms with van der Waals surface area (Å²) in [6, 6.07) is 17.8. The summed E-state index contributed by atoms with van der Waals surface area (Å²) in [5.41, 5.74) is 1.42. The van der Waals surface area contributed by atoms with Crippen molar-refractivity contribution in [2.24, 2.45) is 11.8 Å². The molecule has 1 N–H and O–H groups in total. The van der Waals surface area contributed by atoms with Crippen molar-refractivity contribution in [1.82, 2.24) is 9.88 Å². The lowest BCUT2D eigenvalue weighted by Gasteiger charge is -2.39. The largest absolute Gasteiger partial charge is 0.497 e. The fraction of sp³-hybridized carbons (Fsp3) is 0.467. The zero-order valence-corrected chi connectivity index (χ0v) is 22.3. The smallest absolute Gasteiger partial charge is 0.303 e. The Morgan fingerprint density at radius 3 is 2.81 bits per heavy atom. The molecular formula is C30H37FN2O3S. The Labute approximate surface area is 223 Å². The number of benzene rings is 2. The van der Waals surface area contributed by atoms with Crippen molar-refractivity contribution in [3.05, 3.63) is 66.4 Å². The minimum Gasteiger partial charge on any atom is -0.497 e. The van der Waals surface area contributed by atoms with Gasteiger partial charge < -0.3 is 14.7 Å². The van der Waals surface area contributed by atoms with Gasteiger partial charge in [0.25, 0.3) is 0 Å². The van der Waals surface area contributed by atoms with E-state index in [4.69, 9.17) is 4.74 Å². The van der Waals surface area contributed by atoms with Gasteiger partial charge in [-0.2, -0.15) is 0 Å². The lowest BCUT2D eigenvalue weighted by atomic mass is 9.79. The molecule has 3 atom stereocenters. The average molecular weight is 525 g/mol. The summed E-state index contributed by atoms with van der Waals surface area (Å²) in [5, 5.41) is 10.1. The number of ether oxygens (including phenoxy) is 1. The molecule has 1 aliphatic rings. The first-order valence-corrected chi connectivity index (χ1v) is 14.2. The number of hydrogen-bond donors (Lipinski definition) is 1. The summed E-state index contributed by atoms with van der Waals surface area (Å²) in [6.45, 7) is 2.92. The van der Waals surface area contributed by atoms with Crippen LogP contribution in [0, 0.1) is 11.8 Å². The minimum atomic E-state index is -1.09. The number of piperidine rings is 1. The van der Waals surface area contributed by atoms with E-state index in [1.807, 2.05) is 36.0 Å². The molecule has 0 unspecified atom stereocenters. The number of alkyl halides is 1. The van der Waals surface area contributed by atoms with Crippen molar-refractivity contribution in [3.63, 3.8) is 0 Å². The van der Waals surface area contributed by atoms with Gasteiger partial charge in [0.05, 0.1) is 12.6 Å². The molecule has 0 radical (unpaired) electrons. The van der Waals surface area contributed by atoms with Crippen molar-refractivity contribution < 1.29 is 19.0 Å². The molecule has 1 fully saturated rings. The summed E-state index contributed by atoms with van der Waals surface area (Å²) in [4.78, 5) is 19.5. The Kier molecular flexibility index (Phi) is 10.2. The molecule has 4 rings (SSSR count). The molecule has 2 aromatic carbocycles. The number of rotatable bonds is 13. The predicted octanol–water partition coefficient (Wildman–Crippen LogP) is 7.02. The summed E-state index contributed by atoms with van der Waals surface area (Å²) in [7, 11) is 1.61. The number of hydrogen-bond acceptors (Lipinski definition) is 5. The number of nitrogens with zero attached hydrogens (tertiary/aromatic N) is 2. The zero-order chi connectivity index (χ0) is 26.0. The van der Waals surface area contributed by atoms with E-state index in [1.54, 1.807) is 19.4 Å². The van der Waals surface area contributed by atoms with Crippen molar-refractivity contribution in [3.8, 4) is 5.75 Å². The second kappa shape index (κ2) is 13.8. The number of halogens is 1. The van der Waals surface area contributed by atoms with Crippen LogP contribution >= 0.6 is 11.8 Å². The Hall–Kier alpha value is -2.64. The van der Waals surface area contributed by atoms with Gasteiger partial charge in [0.2, 0.25) is 0 Å². The third-order valence-electron chi connectivity index (χ3n) is 7.45. The van der Waals surface area contributed by atoms with Gasteiger partial charge in [-0.15, -0.1) is 11.8 Å². The molecule has 1 aliphatic heterocycles. The molecule has 0 bridgehead atoms. The van der Waals surface area contributed by atoms with E-state index in [0.29, 0.717) is 30.1 Å². The van der Waals surface area contributed by atoms with Crippen LogP contribution in [0.2, 0.25) is 0 Å². The van der Waals surface area contributed by atoms with E-state index in [9.17, 15) is 9.90 Å². The van der Waals surface area contributed by atoms with Crippen LogP contribution in [0.25, 0.3) is 10.9 Å². The summed E-state index contributed by atoms with van der Waals surface area (Å²) in [6.07, 6.45) is 4.69. The average Bonchev–Trinajstić information content (AvgIpc) is 2.93. The topological polar surface area (TPSA) is 62.7 Å². The SMILES string of the molecule is COc1ccc2nccc([C@H](F)CC[C@@H]3CCN(CCCSc4ccccc4)C[C@H]3CCC(=O)O)c2c1. The monoisotopic (exact) mass is 524 g/mol. The van der Waals surface area contributed by atoms with Gasteiger partial charge in [-0.3, -0.25) is 9.78 Å². The first-order valence-electron chi connectivity index (χ1n) is 13.2. The fourth-order valence-corrected chi connectivity index (χ4v) is 6.29. The van der Waals surface area contributed by atoms with E-state index in [-0.39, 0.29) is 12.3 Å². The maximum absolute atomic E-state index is 15.5. The van der Waals surface area contributed by atoms with Gasteiger partial charge in [0.1, 0.15) is 11.9 Å². The molecule has 37 heavy (non-hydrogen) atoms. The highest BCUT2D eigenvalue weighted by Crippen LogP contribution is 2.36. The van der Waals surface area contributed by atoms with Crippen LogP contribution in [0.4, 0.5) is 4.39 Å². The highest BCUT2D eigenvalue weighted by molar-refractivity contribution is 7.99. The first kappa shape index (κ1) is 27.4. The van der Waals surface area contributed by atoms with Crippen LogP contribution in [-0.4, -0.2) is 53.5 Å². The number of carboxylic acids is 1. The maximum Gasteiger partial charge on any atom is 0.303 e. The van der Waals surface area contributed by atoms with E-state index < -0.39 is 12.1 Å². The number of likely N-dealkylation sites (tertiary alicyclic amines) is 1. The molecule has 1 aromatic heterocycles. The molecule has 3 aromatic rings. The Morgan fingerprint density at radius 2 is 2.03 bits per heavy atom. The minimum absolute atomic E-state index is 0.173. The van der Waals surface area contributed by atoms with Crippen molar-refractivity contribution in [2.45, 2.75) is 49.6 Å². The van der Waals surface area contributed by atoms with Gasteiger partial charge in [0, 0.05) is 29.4 Å². The molecular weight excluding hydrogens is 487 g/mol. The third-order valence-corrected chi connectivity index (χ3v) is 8.54. The molecule has 7 heteroatoms. The van der Waals surface area contributed by atoms with E-state index >= 15 is 4.39 Å². The van der Waals surface area contributed by atoms with Crippen molar-refractivity contribution in [1.29, 1.82) is 0 Å². The Morgan fingerprint density at radius 1 is 1.19 bits per heavy atom. The quantitative estimate of drug-likeness (QED) is 0.192. The van der Waals surface area contributed by atoms with Crippen molar-refractivity contribution >= 4 is 28.6 Å². The number of methoxy groups -OCH3 is 1. The second-order valence-electron chi connectivity index (χ2n) is 9.89. The normalized spacial score (nSPS) is 19.1. The van der Waals surface area contributed by atoms with Gasteiger partial charge >= 0.3 is 5.97 Å². The van der Waals surface area contributed by atoms with E-state index in [2.05, 4.69) is 34.1 Å². The lowest BCUT2D eigenvalue weighted by Crippen LogP contribution is -2.41. The number of carbonyl (C=O) groups is 1. The lowest BCUT2D eigenvalue weighted by molar-refractivity contribution is -0.137. The molecule has 0 spiro atoms. The standard InChI is InChI=1S/C30H37FN2O3S/c1-36-24-10-12-29-27(20-24)26(14-16-32-29)28(31)11-8-22-15-18-33(21-23(22)9-13-30(34)35)17-5-19-37-25-6-3-2-4-7-25/h2-4,6-7,10,12,14,16,20,22-23,28H,5,8-9,11,13,15,17-19,21H2,1H3,(H,34,35)/t22-,23-,28-/m1/s1. The molecule has 0 saturated carbocycles.